The highest BCUT2D eigenvalue weighted by Gasteiger charge is 2.23. The Morgan fingerprint density at radius 2 is 1.72 bits per heavy atom. The standard InChI is InChI=1S/C35H33N7O4S/c1-23-18-32-37-21-27-19-31(25-6-3-2-4-7-25)33(39-34(27)42(32)40-23)26-12-10-24(11-13-26)22-41-16-14-29(15-17-41)46-35(43)38-28-8-5-9-30(20-28)47(36,44)45/h2-13,18-21,29H,14-17,22H2,1H3,(H,38,43)(H2,36,44,45). The summed E-state index contributed by atoms with van der Waals surface area (Å²) in [6.07, 6.45) is 2.39. The molecule has 1 amide bonds. The van der Waals surface area contributed by atoms with E-state index in [2.05, 4.69) is 62.8 Å². The van der Waals surface area contributed by atoms with Crippen molar-refractivity contribution < 1.29 is 17.9 Å². The van der Waals surface area contributed by atoms with Crippen LogP contribution in [0, 0.1) is 6.92 Å². The molecule has 0 aliphatic carbocycles. The second-order valence-corrected chi connectivity index (χ2v) is 13.3. The second kappa shape index (κ2) is 12.6. The summed E-state index contributed by atoms with van der Waals surface area (Å²) in [4.78, 5) is 24.5. The topological polar surface area (TPSA) is 145 Å². The van der Waals surface area contributed by atoms with E-state index in [9.17, 15) is 13.2 Å². The van der Waals surface area contributed by atoms with Crippen molar-refractivity contribution in [2.75, 3.05) is 18.4 Å². The van der Waals surface area contributed by atoms with Gasteiger partial charge in [0, 0.05) is 54.1 Å². The normalized spacial score (nSPS) is 14.4. The number of fused-ring (bicyclic) bond motifs is 3. The van der Waals surface area contributed by atoms with Gasteiger partial charge in [0.2, 0.25) is 10.0 Å². The first-order valence-electron chi connectivity index (χ1n) is 15.3. The molecule has 4 heterocycles. The highest BCUT2D eigenvalue weighted by atomic mass is 32.2. The number of likely N-dealkylation sites (tertiary alicyclic amines) is 1. The molecule has 1 saturated heterocycles. The fourth-order valence-corrected chi connectivity index (χ4v) is 6.53. The van der Waals surface area contributed by atoms with Crippen LogP contribution in [0.2, 0.25) is 0 Å². The number of ether oxygens (including phenoxy) is 1. The number of nitrogens with zero attached hydrogens (tertiary/aromatic N) is 5. The van der Waals surface area contributed by atoms with Gasteiger partial charge in [0.1, 0.15) is 6.10 Å². The van der Waals surface area contributed by atoms with Crippen LogP contribution in [0.15, 0.2) is 102 Å². The zero-order valence-corrected chi connectivity index (χ0v) is 26.5. The predicted octanol–water partition coefficient (Wildman–Crippen LogP) is 5.78. The number of piperidine rings is 1. The number of carbonyl (C=O) groups is 1. The molecule has 0 spiro atoms. The molecule has 238 valence electrons. The van der Waals surface area contributed by atoms with Crippen molar-refractivity contribution in [1.29, 1.82) is 0 Å². The number of aryl methyl sites for hydroxylation is 1. The van der Waals surface area contributed by atoms with Gasteiger partial charge in [-0.15, -0.1) is 0 Å². The monoisotopic (exact) mass is 647 g/mol. The number of sulfonamides is 1. The Morgan fingerprint density at radius 3 is 2.47 bits per heavy atom. The van der Waals surface area contributed by atoms with Crippen molar-refractivity contribution in [3.63, 3.8) is 0 Å². The average molecular weight is 648 g/mol. The van der Waals surface area contributed by atoms with Crippen molar-refractivity contribution >= 4 is 38.5 Å². The molecule has 3 N–H and O–H groups in total. The molecular formula is C35H33N7O4S. The number of benzene rings is 3. The van der Waals surface area contributed by atoms with Crippen LogP contribution in [-0.2, 0) is 21.3 Å². The van der Waals surface area contributed by atoms with Gasteiger partial charge >= 0.3 is 6.09 Å². The van der Waals surface area contributed by atoms with Crippen molar-refractivity contribution in [1.82, 2.24) is 24.5 Å². The first-order valence-corrected chi connectivity index (χ1v) is 16.9. The minimum absolute atomic E-state index is 0.0786. The lowest BCUT2D eigenvalue weighted by molar-refractivity contribution is 0.0567. The average Bonchev–Trinajstić information content (AvgIpc) is 3.46. The van der Waals surface area contributed by atoms with Gasteiger partial charge in [-0.1, -0.05) is 60.7 Å². The summed E-state index contributed by atoms with van der Waals surface area (Å²) in [5, 5.41) is 13.3. The predicted molar refractivity (Wildman–Crippen MR) is 180 cm³/mol. The lowest BCUT2D eigenvalue weighted by Crippen LogP contribution is -2.38. The van der Waals surface area contributed by atoms with Crippen LogP contribution in [0.4, 0.5) is 10.5 Å². The van der Waals surface area contributed by atoms with Crippen molar-refractivity contribution in [2.24, 2.45) is 5.14 Å². The summed E-state index contributed by atoms with van der Waals surface area (Å²) >= 11 is 0. The number of pyridine rings is 1. The zero-order chi connectivity index (χ0) is 32.5. The molecule has 1 aliphatic heterocycles. The summed E-state index contributed by atoms with van der Waals surface area (Å²) in [5.74, 6) is 0. The number of rotatable bonds is 7. The largest absolute Gasteiger partial charge is 0.446 e. The van der Waals surface area contributed by atoms with Gasteiger partial charge < -0.3 is 4.74 Å². The van der Waals surface area contributed by atoms with E-state index in [4.69, 9.17) is 14.9 Å². The highest BCUT2D eigenvalue weighted by molar-refractivity contribution is 7.89. The zero-order valence-electron chi connectivity index (χ0n) is 25.7. The molecule has 0 unspecified atom stereocenters. The number of primary sulfonamides is 1. The molecule has 1 aliphatic rings. The Bertz CT molecular complexity index is 2200. The number of amides is 1. The lowest BCUT2D eigenvalue weighted by Gasteiger charge is -2.31. The molecule has 7 rings (SSSR count). The van der Waals surface area contributed by atoms with Gasteiger partial charge in [-0.25, -0.2) is 28.3 Å². The molecule has 1 fully saturated rings. The molecule has 12 heteroatoms. The van der Waals surface area contributed by atoms with E-state index in [0.717, 1.165) is 64.4 Å². The van der Waals surface area contributed by atoms with Crippen LogP contribution in [0.25, 0.3) is 39.1 Å². The van der Waals surface area contributed by atoms with Gasteiger partial charge in [-0.3, -0.25) is 10.2 Å². The number of anilines is 1. The SMILES string of the molecule is Cc1cc2ncc3cc(-c4ccccc4)c(-c4ccc(CN5CCC(OC(=O)Nc6cccc(S(N)(=O)=O)c6)CC5)cc4)nc3n2n1. The molecule has 0 bridgehead atoms. The minimum Gasteiger partial charge on any atom is -0.446 e. The first-order chi connectivity index (χ1) is 22.7. The maximum atomic E-state index is 12.5. The van der Waals surface area contributed by atoms with Gasteiger partial charge in [0.05, 0.1) is 16.3 Å². The van der Waals surface area contributed by atoms with Gasteiger partial charge in [0.25, 0.3) is 0 Å². The Hall–Kier alpha value is -5.17. The fraction of sp³-hybridized carbons (Fsp3) is 0.200. The van der Waals surface area contributed by atoms with Crippen molar-refractivity contribution in [3.8, 4) is 22.4 Å². The number of hydrogen-bond donors (Lipinski definition) is 2. The van der Waals surface area contributed by atoms with E-state index in [1.54, 1.807) is 10.6 Å². The van der Waals surface area contributed by atoms with Crippen LogP contribution in [0.5, 0.6) is 0 Å². The summed E-state index contributed by atoms with van der Waals surface area (Å²) in [7, 11) is -3.87. The summed E-state index contributed by atoms with van der Waals surface area (Å²) < 4.78 is 30.6. The second-order valence-electron chi connectivity index (χ2n) is 11.8. The molecule has 11 nitrogen and oxygen atoms in total. The molecule has 0 saturated carbocycles. The summed E-state index contributed by atoms with van der Waals surface area (Å²) in [6.45, 7) is 4.28. The number of nitrogens with one attached hydrogen (secondary N) is 1. The van der Waals surface area contributed by atoms with Crippen LogP contribution in [0.3, 0.4) is 0 Å². The van der Waals surface area contributed by atoms with Gasteiger partial charge in [-0.2, -0.15) is 9.61 Å². The summed E-state index contributed by atoms with van der Waals surface area (Å²) in [6, 6.07) is 28.6. The third-order valence-electron chi connectivity index (χ3n) is 8.32. The van der Waals surface area contributed by atoms with Crippen molar-refractivity contribution in [2.45, 2.75) is 37.3 Å². The third-order valence-corrected chi connectivity index (χ3v) is 9.23. The molecule has 3 aromatic heterocycles. The van der Waals surface area contributed by atoms with Crippen LogP contribution >= 0.6 is 0 Å². The van der Waals surface area contributed by atoms with E-state index >= 15 is 0 Å². The van der Waals surface area contributed by atoms with Gasteiger partial charge in [-0.05, 0) is 55.2 Å². The molecule has 6 aromatic rings. The molecule has 0 atom stereocenters. The maximum Gasteiger partial charge on any atom is 0.411 e. The maximum absolute atomic E-state index is 12.5. The van der Waals surface area contributed by atoms with Gasteiger partial charge in [0.15, 0.2) is 11.3 Å². The molecule has 0 radical (unpaired) electrons. The van der Waals surface area contributed by atoms with E-state index in [0.29, 0.717) is 18.5 Å². The number of hydrogen-bond acceptors (Lipinski definition) is 8. The lowest BCUT2D eigenvalue weighted by atomic mass is 9.97. The summed E-state index contributed by atoms with van der Waals surface area (Å²) in [5.41, 5.74) is 7.89. The molecule has 3 aromatic carbocycles. The molecular weight excluding hydrogens is 614 g/mol. The molecule has 47 heavy (non-hydrogen) atoms. The fourth-order valence-electron chi connectivity index (χ4n) is 5.97. The van der Waals surface area contributed by atoms with E-state index in [1.807, 2.05) is 37.4 Å². The number of carbonyl (C=O) groups excluding carboxylic acids is 1. The Morgan fingerprint density at radius 1 is 0.957 bits per heavy atom. The Kier molecular flexibility index (Phi) is 8.14. The smallest absolute Gasteiger partial charge is 0.411 e. The minimum atomic E-state index is -3.87. The Labute approximate surface area is 272 Å². The van der Waals surface area contributed by atoms with E-state index in [-0.39, 0.29) is 11.0 Å². The number of nitrogens with two attached hydrogens (primary N) is 1. The Balaban J connectivity index is 1.03. The van der Waals surface area contributed by atoms with E-state index < -0.39 is 16.1 Å². The highest BCUT2D eigenvalue weighted by Crippen LogP contribution is 2.34. The van der Waals surface area contributed by atoms with Crippen LogP contribution in [0.1, 0.15) is 24.1 Å². The quantitative estimate of drug-likeness (QED) is 0.222. The van der Waals surface area contributed by atoms with Crippen molar-refractivity contribution in [3.05, 3.63) is 108 Å². The third kappa shape index (κ3) is 6.70. The first kappa shape index (κ1) is 30.5. The van der Waals surface area contributed by atoms with E-state index in [1.165, 1.54) is 23.8 Å². The number of aromatic nitrogens is 4. The van der Waals surface area contributed by atoms with Crippen LogP contribution in [-0.4, -0.2) is 58.2 Å². The van der Waals surface area contributed by atoms with Crippen LogP contribution < -0.4 is 10.5 Å².